The lowest BCUT2D eigenvalue weighted by molar-refractivity contribution is 0.102. The fourth-order valence-corrected chi connectivity index (χ4v) is 2.64. The Balaban J connectivity index is 1.71. The van der Waals surface area contributed by atoms with Crippen LogP contribution in [0.3, 0.4) is 0 Å². The molecule has 0 saturated heterocycles. The first-order valence-electron chi connectivity index (χ1n) is 8.22. The first kappa shape index (κ1) is 17.5. The van der Waals surface area contributed by atoms with Gasteiger partial charge in [0.05, 0.1) is 20.8 Å². The third-order valence-electron chi connectivity index (χ3n) is 4.12. The molecule has 1 N–H and O–H groups in total. The van der Waals surface area contributed by atoms with Crippen molar-refractivity contribution < 1.29 is 14.3 Å². The van der Waals surface area contributed by atoms with E-state index in [9.17, 15) is 4.79 Å². The van der Waals surface area contributed by atoms with Gasteiger partial charge in [0.1, 0.15) is 0 Å². The number of anilines is 1. The van der Waals surface area contributed by atoms with Crippen molar-refractivity contribution in [1.82, 2.24) is 9.78 Å². The van der Waals surface area contributed by atoms with E-state index in [-0.39, 0.29) is 5.91 Å². The Labute approximate surface area is 152 Å². The second-order valence-corrected chi connectivity index (χ2v) is 5.85. The summed E-state index contributed by atoms with van der Waals surface area (Å²) in [7, 11) is 3.09. The molecule has 0 aliphatic rings. The monoisotopic (exact) mass is 351 g/mol. The molecule has 0 aliphatic heterocycles. The molecule has 0 radical (unpaired) electrons. The van der Waals surface area contributed by atoms with Crippen molar-refractivity contribution in [3.05, 3.63) is 71.4 Å². The number of methoxy groups -OCH3 is 2. The second-order valence-electron chi connectivity index (χ2n) is 5.85. The minimum atomic E-state index is -0.257. The Bertz CT molecular complexity index is 918. The van der Waals surface area contributed by atoms with E-state index in [4.69, 9.17) is 9.47 Å². The van der Waals surface area contributed by atoms with Gasteiger partial charge < -0.3 is 14.8 Å². The Kier molecular flexibility index (Phi) is 5.22. The van der Waals surface area contributed by atoms with E-state index in [1.54, 1.807) is 36.1 Å². The molecule has 0 bridgehead atoms. The molecule has 0 aliphatic carbocycles. The highest BCUT2D eigenvalue weighted by molar-refractivity contribution is 6.04. The van der Waals surface area contributed by atoms with Crippen LogP contribution in [-0.2, 0) is 6.54 Å². The van der Waals surface area contributed by atoms with Crippen LogP contribution in [0.5, 0.6) is 11.5 Å². The van der Waals surface area contributed by atoms with Crippen LogP contribution in [0.25, 0.3) is 0 Å². The number of ether oxygens (including phenoxy) is 2. The van der Waals surface area contributed by atoms with Crippen LogP contribution in [0.1, 0.15) is 21.5 Å². The number of hydrogen-bond donors (Lipinski definition) is 1. The lowest BCUT2D eigenvalue weighted by Crippen LogP contribution is -2.13. The smallest absolute Gasteiger partial charge is 0.257 e. The maximum absolute atomic E-state index is 12.4. The highest BCUT2D eigenvalue weighted by Crippen LogP contribution is 2.27. The molecule has 0 atom stereocenters. The van der Waals surface area contributed by atoms with E-state index in [1.807, 2.05) is 18.3 Å². The molecule has 3 rings (SSSR count). The number of aryl methyl sites for hydroxylation is 1. The van der Waals surface area contributed by atoms with Gasteiger partial charge in [0.25, 0.3) is 5.91 Å². The van der Waals surface area contributed by atoms with E-state index in [1.165, 1.54) is 18.2 Å². The van der Waals surface area contributed by atoms with Crippen molar-refractivity contribution in [1.29, 1.82) is 0 Å². The summed E-state index contributed by atoms with van der Waals surface area (Å²) >= 11 is 0. The molecule has 26 heavy (non-hydrogen) atoms. The number of rotatable bonds is 6. The molecule has 1 amide bonds. The number of carbonyl (C=O) groups is 1. The maximum atomic E-state index is 12.4. The van der Waals surface area contributed by atoms with Crippen LogP contribution >= 0.6 is 0 Å². The third-order valence-corrected chi connectivity index (χ3v) is 4.12. The quantitative estimate of drug-likeness (QED) is 0.738. The standard InChI is InChI=1S/C20H21N3O3/c1-14-6-4-5-7-16(14)13-23-11-10-19(22-23)21-20(24)15-8-9-17(25-2)18(12-15)26-3/h4-12H,13H2,1-3H3,(H,21,22,24). The third kappa shape index (κ3) is 3.85. The predicted octanol–water partition coefficient (Wildman–Crippen LogP) is 3.51. The van der Waals surface area contributed by atoms with E-state index in [0.29, 0.717) is 29.4 Å². The molecule has 3 aromatic rings. The van der Waals surface area contributed by atoms with Gasteiger partial charge in [0.2, 0.25) is 0 Å². The van der Waals surface area contributed by atoms with Crippen LogP contribution in [-0.4, -0.2) is 29.9 Å². The Morgan fingerprint density at radius 1 is 1.08 bits per heavy atom. The molecule has 0 saturated carbocycles. The highest BCUT2D eigenvalue weighted by Gasteiger charge is 2.12. The molecule has 0 unspecified atom stereocenters. The van der Waals surface area contributed by atoms with Gasteiger partial charge in [-0.2, -0.15) is 5.10 Å². The van der Waals surface area contributed by atoms with Gasteiger partial charge in [0.15, 0.2) is 17.3 Å². The van der Waals surface area contributed by atoms with Crippen molar-refractivity contribution in [2.45, 2.75) is 13.5 Å². The van der Waals surface area contributed by atoms with Gasteiger partial charge in [-0.25, -0.2) is 0 Å². The lowest BCUT2D eigenvalue weighted by Gasteiger charge is -2.09. The molecule has 0 fully saturated rings. The summed E-state index contributed by atoms with van der Waals surface area (Å²) in [6.07, 6.45) is 1.84. The number of aromatic nitrogens is 2. The van der Waals surface area contributed by atoms with Crippen LogP contribution in [0, 0.1) is 6.92 Å². The zero-order valence-corrected chi connectivity index (χ0v) is 15.0. The van der Waals surface area contributed by atoms with Gasteiger partial charge >= 0.3 is 0 Å². The van der Waals surface area contributed by atoms with Crippen LogP contribution in [0.2, 0.25) is 0 Å². The molecule has 6 nitrogen and oxygen atoms in total. The SMILES string of the molecule is COc1ccc(C(=O)Nc2ccn(Cc3ccccc3C)n2)cc1OC. The molecule has 134 valence electrons. The van der Waals surface area contributed by atoms with E-state index >= 15 is 0 Å². The summed E-state index contributed by atoms with van der Waals surface area (Å²) in [5, 5.41) is 7.22. The van der Waals surface area contributed by atoms with Crippen molar-refractivity contribution in [3.63, 3.8) is 0 Å². The maximum Gasteiger partial charge on any atom is 0.257 e. The van der Waals surface area contributed by atoms with Crippen molar-refractivity contribution in [3.8, 4) is 11.5 Å². The van der Waals surface area contributed by atoms with Gasteiger partial charge in [-0.05, 0) is 36.2 Å². The minimum Gasteiger partial charge on any atom is -0.493 e. The average Bonchev–Trinajstić information content (AvgIpc) is 3.09. The van der Waals surface area contributed by atoms with Crippen molar-refractivity contribution in [2.75, 3.05) is 19.5 Å². The first-order chi connectivity index (χ1) is 12.6. The highest BCUT2D eigenvalue weighted by atomic mass is 16.5. The minimum absolute atomic E-state index is 0.257. The zero-order chi connectivity index (χ0) is 18.5. The normalized spacial score (nSPS) is 10.4. The van der Waals surface area contributed by atoms with E-state index in [0.717, 1.165) is 0 Å². The summed E-state index contributed by atoms with van der Waals surface area (Å²) in [6.45, 7) is 2.72. The van der Waals surface area contributed by atoms with E-state index < -0.39 is 0 Å². The average molecular weight is 351 g/mol. The molecule has 1 heterocycles. The van der Waals surface area contributed by atoms with Gasteiger partial charge in [-0.15, -0.1) is 0 Å². The van der Waals surface area contributed by atoms with Crippen molar-refractivity contribution in [2.24, 2.45) is 0 Å². The molecule has 0 spiro atoms. The molecular weight excluding hydrogens is 330 g/mol. The fraction of sp³-hybridized carbons (Fsp3) is 0.200. The van der Waals surface area contributed by atoms with Gasteiger partial charge in [0, 0.05) is 17.8 Å². The predicted molar refractivity (Wildman–Crippen MR) is 100 cm³/mol. The number of nitrogens with one attached hydrogen (secondary N) is 1. The molecular formula is C20H21N3O3. The molecule has 6 heteroatoms. The summed E-state index contributed by atoms with van der Waals surface area (Å²) in [5.74, 6) is 1.32. The van der Waals surface area contributed by atoms with Crippen LogP contribution < -0.4 is 14.8 Å². The summed E-state index contributed by atoms with van der Waals surface area (Å²) in [6, 6.07) is 14.9. The number of hydrogen-bond acceptors (Lipinski definition) is 4. The topological polar surface area (TPSA) is 65.4 Å². The van der Waals surface area contributed by atoms with E-state index in [2.05, 4.69) is 29.5 Å². The van der Waals surface area contributed by atoms with Crippen LogP contribution in [0.15, 0.2) is 54.7 Å². The molecule has 1 aromatic heterocycles. The van der Waals surface area contributed by atoms with Gasteiger partial charge in [-0.3, -0.25) is 9.48 Å². The second kappa shape index (κ2) is 7.74. The Morgan fingerprint density at radius 3 is 2.58 bits per heavy atom. The first-order valence-corrected chi connectivity index (χ1v) is 8.22. The van der Waals surface area contributed by atoms with Crippen molar-refractivity contribution >= 4 is 11.7 Å². The summed E-state index contributed by atoms with van der Waals surface area (Å²) in [4.78, 5) is 12.4. The lowest BCUT2D eigenvalue weighted by atomic mass is 10.1. The largest absolute Gasteiger partial charge is 0.493 e. The fourth-order valence-electron chi connectivity index (χ4n) is 2.64. The van der Waals surface area contributed by atoms with Crippen LogP contribution in [0.4, 0.5) is 5.82 Å². The van der Waals surface area contributed by atoms with Gasteiger partial charge in [-0.1, -0.05) is 24.3 Å². The summed E-state index contributed by atoms with van der Waals surface area (Å²) < 4.78 is 12.2. The number of amides is 1. The Hall–Kier alpha value is -3.28. The summed E-state index contributed by atoms with van der Waals surface area (Å²) in [5.41, 5.74) is 2.86. The number of nitrogens with zero attached hydrogens (tertiary/aromatic N) is 2. The number of carbonyl (C=O) groups excluding carboxylic acids is 1. The number of benzene rings is 2. The molecule has 2 aromatic carbocycles. The Morgan fingerprint density at radius 2 is 1.85 bits per heavy atom. The zero-order valence-electron chi connectivity index (χ0n) is 15.0.